The normalized spacial score (nSPS) is 11.2. The van der Waals surface area contributed by atoms with Crippen molar-refractivity contribution >= 4 is 39.4 Å². The summed E-state index contributed by atoms with van der Waals surface area (Å²) in [5.41, 5.74) is 5.27. The molecule has 0 spiro atoms. The molecule has 0 aliphatic carbocycles. The van der Waals surface area contributed by atoms with Gasteiger partial charge in [-0.2, -0.15) is 0 Å². The fourth-order valence-electron chi connectivity index (χ4n) is 2.90. The minimum atomic E-state index is -0.163. The monoisotopic (exact) mass is 440 g/mol. The number of aryl methyl sites for hydroxylation is 1. The number of hydrogen-bond acceptors (Lipinski definition) is 3. The maximum absolute atomic E-state index is 12.9. The maximum atomic E-state index is 12.9. The van der Waals surface area contributed by atoms with Crippen molar-refractivity contribution in [1.29, 1.82) is 0 Å². The number of nitrogens with one attached hydrogen (secondary N) is 2. The van der Waals surface area contributed by atoms with Crippen LogP contribution in [0.1, 0.15) is 29.3 Å². The zero-order valence-corrected chi connectivity index (χ0v) is 17.7. The van der Waals surface area contributed by atoms with Gasteiger partial charge >= 0.3 is 0 Å². The number of nitrogens with zero attached hydrogens (tertiary/aromatic N) is 2. The zero-order chi connectivity index (χ0) is 20.4. The highest BCUT2D eigenvalue weighted by Crippen LogP contribution is 2.24. The van der Waals surface area contributed by atoms with Gasteiger partial charge in [-0.05, 0) is 62.2 Å². The number of rotatable bonds is 4. The van der Waals surface area contributed by atoms with Crippen molar-refractivity contribution < 1.29 is 4.79 Å². The molecule has 0 unspecified atom stereocenters. The molecule has 1 aromatic heterocycles. The second-order valence-electron chi connectivity index (χ2n) is 6.60. The van der Waals surface area contributed by atoms with Crippen LogP contribution in [0.3, 0.4) is 0 Å². The number of benzene rings is 2. The lowest BCUT2D eigenvalue weighted by atomic mass is 10.1. The Bertz CT molecular complexity index is 1140. The van der Waals surface area contributed by atoms with E-state index in [1.807, 2.05) is 39.0 Å². The van der Waals surface area contributed by atoms with Crippen LogP contribution in [0.15, 0.2) is 50.7 Å². The maximum Gasteiger partial charge on any atom is 0.280 e. The van der Waals surface area contributed by atoms with Gasteiger partial charge in [0.2, 0.25) is 5.91 Å². The third-order valence-electron chi connectivity index (χ3n) is 4.56. The molecule has 0 atom stereocenters. The number of hydrogen-bond donors (Lipinski definition) is 2. The second-order valence-corrected chi connectivity index (χ2v) is 7.45. The predicted octanol–water partition coefficient (Wildman–Crippen LogP) is 4.56. The molecule has 2 N–H and O–H groups in total. The molecule has 1 heterocycles. The highest BCUT2D eigenvalue weighted by atomic mass is 79.9. The average Bonchev–Trinajstić information content (AvgIpc) is 2.92. The van der Waals surface area contributed by atoms with Gasteiger partial charge in [0.1, 0.15) is 0 Å². The molecule has 7 heteroatoms. The van der Waals surface area contributed by atoms with Gasteiger partial charge in [-0.1, -0.05) is 22.0 Å². The van der Waals surface area contributed by atoms with Crippen LogP contribution >= 0.6 is 15.9 Å². The van der Waals surface area contributed by atoms with Gasteiger partial charge in [0.25, 0.3) is 5.56 Å². The molecule has 0 saturated heterocycles. The van der Waals surface area contributed by atoms with E-state index in [1.165, 1.54) is 6.92 Å². The fraction of sp³-hybridized carbons (Fsp3) is 0.190. The van der Waals surface area contributed by atoms with Gasteiger partial charge in [-0.15, -0.1) is 0 Å². The van der Waals surface area contributed by atoms with E-state index in [1.54, 1.807) is 29.1 Å². The van der Waals surface area contributed by atoms with Gasteiger partial charge in [-0.3, -0.25) is 19.7 Å². The first-order valence-electron chi connectivity index (χ1n) is 8.77. The largest absolute Gasteiger partial charge is 0.326 e. The summed E-state index contributed by atoms with van der Waals surface area (Å²) in [5.74, 6) is -0.148. The minimum absolute atomic E-state index is 0.148. The van der Waals surface area contributed by atoms with E-state index in [9.17, 15) is 9.59 Å². The first-order chi connectivity index (χ1) is 13.3. The Morgan fingerprint density at radius 3 is 2.64 bits per heavy atom. The van der Waals surface area contributed by atoms with Crippen LogP contribution in [-0.4, -0.2) is 21.9 Å². The number of carbonyl (C=O) groups is 1. The van der Waals surface area contributed by atoms with Crippen molar-refractivity contribution in [2.75, 3.05) is 5.32 Å². The summed E-state index contributed by atoms with van der Waals surface area (Å²) >= 11 is 3.52. The van der Waals surface area contributed by atoms with Gasteiger partial charge in [0.05, 0.1) is 16.9 Å². The molecule has 0 aliphatic rings. The molecular formula is C21H21BrN4O2. The SMILES string of the molecule is CC(=O)Nc1cccc(N=Cc2c(C)[nH]n(-c3ccc(Br)c(C)c3C)c2=O)c1. The van der Waals surface area contributed by atoms with Crippen molar-refractivity contribution in [3.8, 4) is 5.69 Å². The van der Waals surface area contributed by atoms with E-state index in [4.69, 9.17) is 0 Å². The van der Waals surface area contributed by atoms with Gasteiger partial charge < -0.3 is 5.32 Å². The number of aromatic nitrogens is 2. The van der Waals surface area contributed by atoms with Crippen molar-refractivity contribution in [3.63, 3.8) is 0 Å². The number of amides is 1. The summed E-state index contributed by atoms with van der Waals surface area (Å²) in [7, 11) is 0. The predicted molar refractivity (Wildman–Crippen MR) is 116 cm³/mol. The van der Waals surface area contributed by atoms with Crippen molar-refractivity contribution in [1.82, 2.24) is 9.78 Å². The highest BCUT2D eigenvalue weighted by Gasteiger charge is 2.14. The standard InChI is InChI=1S/C21H21BrN4O2/c1-12-13(2)20(9-8-19(12)22)26-21(28)18(14(3)25-26)11-23-16-6-5-7-17(10-16)24-15(4)27/h5-11,25H,1-4H3,(H,24,27). The number of anilines is 1. The van der Waals surface area contributed by atoms with Crippen LogP contribution in [0.5, 0.6) is 0 Å². The number of carbonyl (C=O) groups excluding carboxylic acids is 1. The molecule has 144 valence electrons. The molecule has 28 heavy (non-hydrogen) atoms. The van der Waals surface area contributed by atoms with E-state index in [0.29, 0.717) is 16.9 Å². The van der Waals surface area contributed by atoms with E-state index in [-0.39, 0.29) is 11.5 Å². The van der Waals surface area contributed by atoms with Crippen molar-refractivity contribution in [2.24, 2.45) is 4.99 Å². The first-order valence-corrected chi connectivity index (χ1v) is 9.56. The summed E-state index contributed by atoms with van der Waals surface area (Å²) in [6.45, 7) is 7.29. The third-order valence-corrected chi connectivity index (χ3v) is 5.42. The summed E-state index contributed by atoms with van der Waals surface area (Å²) in [6, 6.07) is 11.0. The molecule has 3 rings (SSSR count). The molecule has 1 amide bonds. The van der Waals surface area contributed by atoms with Crippen LogP contribution in [-0.2, 0) is 4.79 Å². The first kappa shape index (κ1) is 19.8. The van der Waals surface area contributed by atoms with E-state index < -0.39 is 0 Å². The lowest BCUT2D eigenvalue weighted by Gasteiger charge is -2.10. The third kappa shape index (κ3) is 3.99. The van der Waals surface area contributed by atoms with Gasteiger partial charge in [-0.25, -0.2) is 4.68 Å². The summed E-state index contributed by atoms with van der Waals surface area (Å²) in [5, 5.41) is 5.85. The average molecular weight is 441 g/mol. The summed E-state index contributed by atoms with van der Waals surface area (Å²) in [6.07, 6.45) is 1.55. The molecule has 0 bridgehead atoms. The van der Waals surface area contributed by atoms with E-state index in [0.717, 1.165) is 27.0 Å². The molecular weight excluding hydrogens is 420 g/mol. The quantitative estimate of drug-likeness (QED) is 0.582. The molecule has 0 fully saturated rings. The summed E-state index contributed by atoms with van der Waals surface area (Å²) < 4.78 is 2.55. The van der Waals surface area contributed by atoms with Crippen molar-refractivity contribution in [2.45, 2.75) is 27.7 Å². The molecule has 0 radical (unpaired) electrons. The summed E-state index contributed by atoms with van der Waals surface area (Å²) in [4.78, 5) is 28.6. The highest BCUT2D eigenvalue weighted by molar-refractivity contribution is 9.10. The topological polar surface area (TPSA) is 79.2 Å². The van der Waals surface area contributed by atoms with Crippen LogP contribution in [0, 0.1) is 20.8 Å². The van der Waals surface area contributed by atoms with Crippen LogP contribution in [0.2, 0.25) is 0 Å². The molecule has 3 aromatic rings. The molecule has 0 saturated carbocycles. The number of aliphatic imine (C=N–C) groups is 1. The van der Waals surface area contributed by atoms with Crippen LogP contribution in [0.25, 0.3) is 5.69 Å². The minimum Gasteiger partial charge on any atom is -0.326 e. The lowest BCUT2D eigenvalue weighted by molar-refractivity contribution is -0.114. The molecule has 6 nitrogen and oxygen atoms in total. The van der Waals surface area contributed by atoms with Gasteiger partial charge in [0, 0.05) is 29.0 Å². The Balaban J connectivity index is 1.98. The van der Waals surface area contributed by atoms with E-state index >= 15 is 0 Å². The second kappa shape index (κ2) is 7.98. The van der Waals surface area contributed by atoms with Crippen LogP contribution in [0.4, 0.5) is 11.4 Å². The zero-order valence-electron chi connectivity index (χ0n) is 16.1. The molecule has 0 aliphatic heterocycles. The Morgan fingerprint density at radius 2 is 1.93 bits per heavy atom. The Labute approximate surface area is 171 Å². The van der Waals surface area contributed by atoms with Gasteiger partial charge in [0.15, 0.2) is 0 Å². The number of H-pyrrole nitrogens is 1. The Hall–Kier alpha value is -2.93. The Kier molecular flexibility index (Phi) is 5.65. The Morgan fingerprint density at radius 1 is 1.18 bits per heavy atom. The smallest absolute Gasteiger partial charge is 0.280 e. The van der Waals surface area contributed by atoms with Crippen LogP contribution < -0.4 is 10.9 Å². The number of halogens is 1. The lowest BCUT2D eigenvalue weighted by Crippen LogP contribution is -2.18. The molecule has 2 aromatic carbocycles. The van der Waals surface area contributed by atoms with E-state index in [2.05, 4.69) is 31.3 Å². The fourth-order valence-corrected chi connectivity index (χ4v) is 3.33. The number of aromatic amines is 1. The van der Waals surface area contributed by atoms with Crippen molar-refractivity contribution in [3.05, 3.63) is 73.6 Å².